The fourth-order valence-electron chi connectivity index (χ4n) is 0.676. The van der Waals surface area contributed by atoms with Crippen LogP contribution in [0.25, 0.3) is 0 Å². The number of nitrogens with zero attached hydrogens (tertiary/aromatic N) is 1. The van der Waals surface area contributed by atoms with Crippen LogP contribution in [0.4, 0.5) is 0 Å². The van der Waals surface area contributed by atoms with Crippen molar-refractivity contribution in [2.75, 3.05) is 6.61 Å². The first-order valence-electron chi connectivity index (χ1n) is 3.58. The average Bonchev–Trinajstić information content (AvgIpc) is 2.03. The Morgan fingerprint density at radius 2 is 2.45 bits per heavy atom. The molecule has 0 fully saturated rings. The second kappa shape index (κ2) is 4.34. The van der Waals surface area contributed by atoms with Crippen LogP contribution in [0.3, 0.4) is 0 Å². The highest BCUT2D eigenvalue weighted by atomic mass is 79.9. The zero-order valence-electron chi connectivity index (χ0n) is 6.38. The first-order valence-corrected chi connectivity index (χ1v) is 4.37. The van der Waals surface area contributed by atoms with Gasteiger partial charge < -0.3 is 4.74 Å². The van der Waals surface area contributed by atoms with E-state index in [1.807, 2.05) is 12.1 Å². The van der Waals surface area contributed by atoms with Gasteiger partial charge in [0.05, 0.1) is 11.1 Å². The first kappa shape index (κ1) is 8.53. The number of halogens is 1. The van der Waals surface area contributed by atoms with E-state index in [-0.39, 0.29) is 0 Å². The summed E-state index contributed by atoms with van der Waals surface area (Å²) in [5.41, 5.74) is 0. The number of aromatic nitrogens is 1. The van der Waals surface area contributed by atoms with Crippen LogP contribution in [0.2, 0.25) is 0 Å². The zero-order valence-corrected chi connectivity index (χ0v) is 7.97. The van der Waals surface area contributed by atoms with Crippen LogP contribution in [0.5, 0.6) is 5.88 Å². The van der Waals surface area contributed by atoms with Crippen LogP contribution < -0.4 is 4.74 Å². The van der Waals surface area contributed by atoms with Gasteiger partial charge >= 0.3 is 0 Å². The predicted molar refractivity (Wildman–Crippen MR) is 47.7 cm³/mol. The first-order chi connectivity index (χ1) is 5.34. The van der Waals surface area contributed by atoms with Gasteiger partial charge in [0.2, 0.25) is 5.88 Å². The Hall–Kier alpha value is -0.570. The molecule has 1 aromatic rings. The molecule has 0 aliphatic carbocycles. The van der Waals surface area contributed by atoms with E-state index in [2.05, 4.69) is 27.8 Å². The van der Waals surface area contributed by atoms with E-state index < -0.39 is 0 Å². The summed E-state index contributed by atoms with van der Waals surface area (Å²) in [6.45, 7) is 2.78. The third-order valence-electron chi connectivity index (χ3n) is 1.17. The lowest BCUT2D eigenvalue weighted by Crippen LogP contribution is -1.97. The van der Waals surface area contributed by atoms with Gasteiger partial charge in [0.1, 0.15) is 0 Å². The van der Waals surface area contributed by atoms with Crippen molar-refractivity contribution in [2.45, 2.75) is 13.3 Å². The smallest absolute Gasteiger partial charge is 0.227 e. The van der Waals surface area contributed by atoms with Crippen molar-refractivity contribution >= 4 is 15.9 Å². The van der Waals surface area contributed by atoms with Gasteiger partial charge in [0.15, 0.2) is 0 Å². The molecule has 0 amide bonds. The average molecular weight is 216 g/mol. The molecular formula is C8H10BrNO. The third-order valence-corrected chi connectivity index (χ3v) is 1.77. The van der Waals surface area contributed by atoms with Gasteiger partial charge in [-0.05, 0) is 34.5 Å². The molecule has 2 nitrogen and oxygen atoms in total. The molecule has 0 N–H and O–H groups in total. The molecule has 3 heteroatoms. The normalized spacial score (nSPS) is 9.64. The summed E-state index contributed by atoms with van der Waals surface area (Å²) >= 11 is 3.34. The maximum Gasteiger partial charge on any atom is 0.227 e. The summed E-state index contributed by atoms with van der Waals surface area (Å²) in [5, 5.41) is 0. The molecule has 0 spiro atoms. The molecule has 1 aromatic heterocycles. The number of ether oxygens (including phenoxy) is 1. The maximum atomic E-state index is 5.33. The molecule has 0 unspecified atom stereocenters. The molecule has 1 rings (SSSR count). The maximum absolute atomic E-state index is 5.33. The second-order valence-corrected chi connectivity index (χ2v) is 2.99. The van der Waals surface area contributed by atoms with Crippen molar-refractivity contribution in [3.8, 4) is 5.88 Å². The molecule has 0 aromatic carbocycles. The zero-order chi connectivity index (χ0) is 8.10. The number of hydrogen-bond acceptors (Lipinski definition) is 2. The Labute approximate surface area is 74.7 Å². The molecule has 11 heavy (non-hydrogen) atoms. The minimum Gasteiger partial charge on any atom is -0.477 e. The topological polar surface area (TPSA) is 22.1 Å². The molecule has 0 atom stereocenters. The molecule has 0 aliphatic heterocycles. The highest BCUT2D eigenvalue weighted by Crippen LogP contribution is 2.20. The van der Waals surface area contributed by atoms with Crippen molar-refractivity contribution in [2.24, 2.45) is 0 Å². The number of hydrogen-bond donors (Lipinski definition) is 0. The molecule has 0 bridgehead atoms. The highest BCUT2D eigenvalue weighted by molar-refractivity contribution is 9.10. The molecule has 0 saturated carbocycles. The Morgan fingerprint density at radius 3 is 3.09 bits per heavy atom. The Bertz CT molecular complexity index is 227. The van der Waals surface area contributed by atoms with Crippen LogP contribution in [0.1, 0.15) is 13.3 Å². The monoisotopic (exact) mass is 215 g/mol. The molecule has 0 radical (unpaired) electrons. The molecule has 1 heterocycles. The van der Waals surface area contributed by atoms with E-state index in [1.165, 1.54) is 0 Å². The van der Waals surface area contributed by atoms with Gasteiger partial charge in [-0.3, -0.25) is 0 Å². The Morgan fingerprint density at radius 1 is 1.64 bits per heavy atom. The summed E-state index contributed by atoms with van der Waals surface area (Å²) in [4.78, 5) is 4.05. The van der Waals surface area contributed by atoms with E-state index >= 15 is 0 Å². The number of pyridine rings is 1. The van der Waals surface area contributed by atoms with E-state index in [0.29, 0.717) is 5.88 Å². The Balaban J connectivity index is 2.62. The van der Waals surface area contributed by atoms with Crippen molar-refractivity contribution in [1.29, 1.82) is 0 Å². The van der Waals surface area contributed by atoms with E-state index in [0.717, 1.165) is 17.5 Å². The fraction of sp³-hybridized carbons (Fsp3) is 0.375. The fourth-order valence-corrected chi connectivity index (χ4v) is 1.05. The highest BCUT2D eigenvalue weighted by Gasteiger charge is 1.98. The van der Waals surface area contributed by atoms with Crippen LogP contribution in [0.15, 0.2) is 22.8 Å². The van der Waals surface area contributed by atoms with E-state index in [1.54, 1.807) is 6.20 Å². The molecule has 60 valence electrons. The summed E-state index contributed by atoms with van der Waals surface area (Å²) in [5.74, 6) is 0.675. The lowest BCUT2D eigenvalue weighted by molar-refractivity contribution is 0.303. The van der Waals surface area contributed by atoms with Crippen LogP contribution in [-0.2, 0) is 0 Å². The van der Waals surface area contributed by atoms with Crippen LogP contribution in [0, 0.1) is 0 Å². The van der Waals surface area contributed by atoms with Gasteiger partial charge in [-0.1, -0.05) is 6.92 Å². The minimum absolute atomic E-state index is 0.675. The summed E-state index contributed by atoms with van der Waals surface area (Å²) in [7, 11) is 0. The van der Waals surface area contributed by atoms with Gasteiger partial charge in [-0.15, -0.1) is 0 Å². The SMILES string of the molecule is CCCOc1ncccc1Br. The van der Waals surface area contributed by atoms with Crippen LogP contribution in [-0.4, -0.2) is 11.6 Å². The van der Waals surface area contributed by atoms with Gasteiger partial charge in [-0.25, -0.2) is 4.98 Å². The van der Waals surface area contributed by atoms with Crippen molar-refractivity contribution < 1.29 is 4.74 Å². The van der Waals surface area contributed by atoms with Crippen molar-refractivity contribution in [1.82, 2.24) is 4.98 Å². The summed E-state index contributed by atoms with van der Waals surface area (Å²) < 4.78 is 6.24. The quantitative estimate of drug-likeness (QED) is 0.774. The van der Waals surface area contributed by atoms with Crippen molar-refractivity contribution in [3.05, 3.63) is 22.8 Å². The lowest BCUT2D eigenvalue weighted by Gasteiger charge is -2.03. The number of rotatable bonds is 3. The van der Waals surface area contributed by atoms with Gasteiger partial charge in [0, 0.05) is 6.20 Å². The summed E-state index contributed by atoms with van der Waals surface area (Å²) in [6, 6.07) is 3.78. The van der Waals surface area contributed by atoms with E-state index in [4.69, 9.17) is 4.74 Å². The summed E-state index contributed by atoms with van der Waals surface area (Å²) in [6.07, 6.45) is 2.72. The van der Waals surface area contributed by atoms with Gasteiger partial charge in [-0.2, -0.15) is 0 Å². The van der Waals surface area contributed by atoms with Crippen molar-refractivity contribution in [3.63, 3.8) is 0 Å². The second-order valence-electron chi connectivity index (χ2n) is 2.14. The largest absolute Gasteiger partial charge is 0.477 e. The van der Waals surface area contributed by atoms with Crippen LogP contribution >= 0.6 is 15.9 Å². The van der Waals surface area contributed by atoms with E-state index in [9.17, 15) is 0 Å². The molecule has 0 aliphatic rings. The molecular weight excluding hydrogens is 206 g/mol. The Kier molecular flexibility index (Phi) is 3.36. The van der Waals surface area contributed by atoms with Gasteiger partial charge in [0.25, 0.3) is 0 Å². The standard InChI is InChI=1S/C8H10BrNO/c1-2-6-11-8-7(9)4-3-5-10-8/h3-5H,2,6H2,1H3. The third kappa shape index (κ3) is 2.50. The molecule has 0 saturated heterocycles. The lowest BCUT2D eigenvalue weighted by atomic mass is 10.5. The minimum atomic E-state index is 0.675. The predicted octanol–water partition coefficient (Wildman–Crippen LogP) is 2.63.